The third kappa shape index (κ3) is 5.29. The number of rotatable bonds is 9. The van der Waals surface area contributed by atoms with E-state index >= 15 is 0 Å². The Balaban J connectivity index is 1.31. The minimum atomic E-state index is -0.328. The summed E-state index contributed by atoms with van der Waals surface area (Å²) in [7, 11) is 3.19. The standard InChI is InChI=1S/C23H22N4O5S/c1-30-19-6-5-15(10-20(19)31-2)23-26-16(13-33-23)7-8-24-21(28)12-27-14-25-17(11-22(27)29)18-4-3-9-32-18/h3-6,9-11,13-14H,7-8,12H2,1-2H3,(H,24,28). The summed E-state index contributed by atoms with van der Waals surface area (Å²) in [6, 6.07) is 10.4. The molecule has 0 fully saturated rings. The Hall–Kier alpha value is -3.92. The summed E-state index contributed by atoms with van der Waals surface area (Å²) in [5.74, 6) is 1.52. The van der Waals surface area contributed by atoms with Crippen molar-refractivity contribution in [3.63, 3.8) is 0 Å². The first-order chi connectivity index (χ1) is 16.1. The summed E-state index contributed by atoms with van der Waals surface area (Å²) in [4.78, 5) is 33.3. The third-order valence-corrected chi connectivity index (χ3v) is 5.79. The van der Waals surface area contributed by atoms with Crippen LogP contribution in [0, 0.1) is 0 Å². The fourth-order valence-corrected chi connectivity index (χ4v) is 4.02. The van der Waals surface area contributed by atoms with Crippen LogP contribution in [0.3, 0.4) is 0 Å². The van der Waals surface area contributed by atoms with Crippen LogP contribution in [0.15, 0.2) is 63.6 Å². The van der Waals surface area contributed by atoms with Gasteiger partial charge in [0.2, 0.25) is 5.91 Å². The van der Waals surface area contributed by atoms with Gasteiger partial charge in [-0.1, -0.05) is 0 Å². The van der Waals surface area contributed by atoms with Gasteiger partial charge in [0.05, 0.1) is 32.5 Å². The molecule has 10 heteroatoms. The fraction of sp³-hybridized carbons (Fsp3) is 0.217. The van der Waals surface area contributed by atoms with Gasteiger partial charge in [-0.25, -0.2) is 9.97 Å². The van der Waals surface area contributed by atoms with E-state index < -0.39 is 0 Å². The lowest BCUT2D eigenvalue weighted by molar-refractivity contribution is -0.121. The van der Waals surface area contributed by atoms with E-state index in [0.29, 0.717) is 35.9 Å². The van der Waals surface area contributed by atoms with Crippen LogP contribution in [0.5, 0.6) is 11.5 Å². The second kappa shape index (κ2) is 10.1. The van der Waals surface area contributed by atoms with Crippen LogP contribution in [0.2, 0.25) is 0 Å². The number of amides is 1. The Labute approximate surface area is 193 Å². The second-order valence-corrected chi connectivity index (χ2v) is 7.89. The highest BCUT2D eigenvalue weighted by Crippen LogP contribution is 2.33. The third-order valence-electron chi connectivity index (χ3n) is 4.85. The smallest absolute Gasteiger partial charge is 0.254 e. The molecular formula is C23H22N4O5S. The lowest BCUT2D eigenvalue weighted by Gasteiger charge is -2.08. The van der Waals surface area contributed by atoms with Gasteiger partial charge in [0.15, 0.2) is 17.3 Å². The number of hydrogen-bond acceptors (Lipinski definition) is 8. The Morgan fingerprint density at radius 1 is 1.18 bits per heavy atom. The summed E-state index contributed by atoms with van der Waals surface area (Å²) >= 11 is 1.52. The van der Waals surface area contributed by atoms with Crippen molar-refractivity contribution in [2.24, 2.45) is 0 Å². The molecule has 1 aromatic carbocycles. The molecule has 0 spiro atoms. The van der Waals surface area contributed by atoms with Crippen LogP contribution < -0.4 is 20.3 Å². The van der Waals surface area contributed by atoms with Crippen molar-refractivity contribution in [3.05, 3.63) is 70.4 Å². The number of furan rings is 1. The number of aromatic nitrogens is 3. The van der Waals surface area contributed by atoms with Gasteiger partial charge in [0, 0.05) is 30.0 Å². The van der Waals surface area contributed by atoms with E-state index in [1.54, 1.807) is 26.4 Å². The highest BCUT2D eigenvalue weighted by Gasteiger charge is 2.11. The van der Waals surface area contributed by atoms with Crippen LogP contribution >= 0.6 is 11.3 Å². The van der Waals surface area contributed by atoms with Gasteiger partial charge in [0.25, 0.3) is 5.56 Å². The molecule has 33 heavy (non-hydrogen) atoms. The van der Waals surface area contributed by atoms with Gasteiger partial charge >= 0.3 is 0 Å². The maximum atomic E-state index is 12.3. The minimum Gasteiger partial charge on any atom is -0.493 e. The van der Waals surface area contributed by atoms with Crippen molar-refractivity contribution in [1.82, 2.24) is 19.9 Å². The van der Waals surface area contributed by atoms with Gasteiger partial charge in [0.1, 0.15) is 17.2 Å². The van der Waals surface area contributed by atoms with Crippen LogP contribution in [0.4, 0.5) is 0 Å². The van der Waals surface area contributed by atoms with E-state index in [-0.39, 0.29) is 18.0 Å². The molecule has 3 aromatic heterocycles. The van der Waals surface area contributed by atoms with Crippen molar-refractivity contribution >= 4 is 17.2 Å². The fourth-order valence-electron chi connectivity index (χ4n) is 3.17. The van der Waals surface area contributed by atoms with Crippen LogP contribution in [0.25, 0.3) is 22.0 Å². The van der Waals surface area contributed by atoms with Crippen LogP contribution in [0.1, 0.15) is 5.69 Å². The topological polar surface area (TPSA) is 108 Å². The second-order valence-electron chi connectivity index (χ2n) is 7.03. The Kier molecular flexibility index (Phi) is 6.84. The van der Waals surface area contributed by atoms with Crippen LogP contribution in [-0.2, 0) is 17.8 Å². The minimum absolute atomic E-state index is 0.113. The number of ether oxygens (including phenoxy) is 2. The molecule has 9 nitrogen and oxygen atoms in total. The van der Waals surface area contributed by atoms with Crippen molar-refractivity contribution in [1.29, 1.82) is 0 Å². The highest BCUT2D eigenvalue weighted by molar-refractivity contribution is 7.13. The molecule has 1 amide bonds. The molecule has 4 rings (SSSR count). The van der Waals surface area contributed by atoms with Crippen LogP contribution in [-0.4, -0.2) is 41.2 Å². The number of hydrogen-bond donors (Lipinski definition) is 1. The number of carbonyl (C=O) groups is 1. The summed E-state index contributed by atoms with van der Waals surface area (Å²) < 4.78 is 17.1. The number of carbonyl (C=O) groups excluding carboxylic acids is 1. The molecule has 4 aromatic rings. The first-order valence-electron chi connectivity index (χ1n) is 10.1. The van der Waals surface area contributed by atoms with Gasteiger partial charge < -0.3 is 19.2 Å². The molecule has 0 atom stereocenters. The van der Waals surface area contributed by atoms with E-state index in [2.05, 4.69) is 15.3 Å². The molecule has 0 saturated heterocycles. The first kappa shape index (κ1) is 22.3. The van der Waals surface area contributed by atoms with Gasteiger partial charge in [-0.15, -0.1) is 11.3 Å². The molecule has 1 N–H and O–H groups in total. The van der Waals surface area contributed by atoms with E-state index in [0.717, 1.165) is 16.3 Å². The van der Waals surface area contributed by atoms with E-state index in [9.17, 15) is 9.59 Å². The molecule has 170 valence electrons. The molecule has 0 bridgehead atoms. The molecule has 0 aliphatic rings. The van der Waals surface area contributed by atoms with E-state index in [1.807, 2.05) is 23.6 Å². The Bertz CT molecular complexity index is 1300. The van der Waals surface area contributed by atoms with Gasteiger partial charge in [-0.3, -0.25) is 14.2 Å². The van der Waals surface area contributed by atoms with E-state index in [1.165, 1.54) is 34.6 Å². The Morgan fingerprint density at radius 3 is 2.76 bits per heavy atom. The SMILES string of the molecule is COc1ccc(-c2nc(CCNC(=O)Cn3cnc(-c4ccco4)cc3=O)cs2)cc1OC. The van der Waals surface area contributed by atoms with Crippen molar-refractivity contribution in [2.45, 2.75) is 13.0 Å². The summed E-state index contributed by atoms with van der Waals surface area (Å²) in [6.07, 6.45) is 3.42. The molecule has 0 radical (unpaired) electrons. The maximum Gasteiger partial charge on any atom is 0.254 e. The number of benzene rings is 1. The molecule has 0 aliphatic heterocycles. The van der Waals surface area contributed by atoms with Gasteiger partial charge in [-0.2, -0.15) is 0 Å². The lowest BCUT2D eigenvalue weighted by atomic mass is 10.2. The largest absolute Gasteiger partial charge is 0.493 e. The zero-order valence-corrected chi connectivity index (χ0v) is 18.9. The average Bonchev–Trinajstić information content (AvgIpc) is 3.52. The number of nitrogens with zero attached hydrogens (tertiary/aromatic N) is 3. The monoisotopic (exact) mass is 466 g/mol. The molecule has 0 unspecified atom stereocenters. The summed E-state index contributed by atoms with van der Waals surface area (Å²) in [5, 5.41) is 5.63. The summed E-state index contributed by atoms with van der Waals surface area (Å²) in [5.41, 5.74) is 1.89. The first-order valence-corrected chi connectivity index (χ1v) is 11.0. The number of methoxy groups -OCH3 is 2. The molecule has 0 aliphatic carbocycles. The van der Waals surface area contributed by atoms with Crippen molar-refractivity contribution in [3.8, 4) is 33.5 Å². The molecule has 0 saturated carbocycles. The van der Waals surface area contributed by atoms with Crippen molar-refractivity contribution in [2.75, 3.05) is 20.8 Å². The lowest BCUT2D eigenvalue weighted by Crippen LogP contribution is -2.33. The Morgan fingerprint density at radius 2 is 2.03 bits per heavy atom. The number of thiazole rings is 1. The maximum absolute atomic E-state index is 12.3. The average molecular weight is 467 g/mol. The normalized spacial score (nSPS) is 10.7. The quantitative estimate of drug-likeness (QED) is 0.404. The highest BCUT2D eigenvalue weighted by atomic mass is 32.1. The van der Waals surface area contributed by atoms with Crippen molar-refractivity contribution < 1.29 is 18.7 Å². The molecule has 3 heterocycles. The zero-order valence-electron chi connectivity index (χ0n) is 18.1. The van der Waals surface area contributed by atoms with Gasteiger partial charge in [-0.05, 0) is 30.3 Å². The zero-order chi connectivity index (χ0) is 23.2. The molecular weight excluding hydrogens is 444 g/mol. The summed E-state index contributed by atoms with van der Waals surface area (Å²) in [6.45, 7) is 0.291. The van der Waals surface area contributed by atoms with E-state index in [4.69, 9.17) is 13.9 Å². The predicted molar refractivity (Wildman–Crippen MR) is 124 cm³/mol. The number of nitrogens with one attached hydrogen (secondary N) is 1. The predicted octanol–water partition coefficient (Wildman–Crippen LogP) is 3.00.